The largest absolute Gasteiger partial charge is 0.857 e. The molecule has 0 aliphatic carbocycles. The lowest BCUT2D eigenvalue weighted by molar-refractivity contribution is -0.553. The maximum absolute atomic E-state index is 11.6. The van der Waals surface area contributed by atoms with Crippen LogP contribution in [0.25, 0.3) is 32.3 Å². The van der Waals surface area contributed by atoms with Gasteiger partial charge in [-0.25, -0.2) is 0 Å². The van der Waals surface area contributed by atoms with Crippen LogP contribution in [0.4, 0.5) is 0 Å². The van der Waals surface area contributed by atoms with Crippen LogP contribution in [-0.4, -0.2) is 22.8 Å². The Hall–Kier alpha value is -2.94. The molecule has 1 aliphatic rings. The number of nitrogens with zero attached hydrogens (tertiary/aromatic N) is 2. The van der Waals surface area contributed by atoms with E-state index in [1.807, 2.05) is 13.1 Å². The summed E-state index contributed by atoms with van der Waals surface area (Å²) >= 11 is 0. The molecule has 0 saturated heterocycles. The average Bonchev–Trinajstić information content (AvgIpc) is 2.91. The van der Waals surface area contributed by atoms with Gasteiger partial charge in [-0.2, -0.15) is 0 Å². The minimum atomic E-state index is -0.0455. The molecule has 0 aromatic heterocycles. The molecule has 0 bridgehead atoms. The Morgan fingerprint density at radius 3 is 2.46 bits per heavy atom. The molecule has 3 nitrogen and oxygen atoms in total. The molecule has 0 radical (unpaired) electrons. The number of hydrazone groups is 1. The molecule has 116 valence electrons. The summed E-state index contributed by atoms with van der Waals surface area (Å²) in [5, 5.41) is 23.3. The second-order valence-electron chi connectivity index (χ2n) is 6.57. The lowest BCUT2D eigenvalue weighted by atomic mass is 9.91. The Kier molecular flexibility index (Phi) is 2.69. The fourth-order valence-corrected chi connectivity index (χ4v) is 3.81. The van der Waals surface area contributed by atoms with Crippen molar-refractivity contribution in [2.45, 2.75) is 19.4 Å². The van der Waals surface area contributed by atoms with E-state index in [2.05, 4.69) is 59.7 Å². The van der Waals surface area contributed by atoms with Crippen LogP contribution < -0.4 is 5.11 Å². The summed E-state index contributed by atoms with van der Waals surface area (Å²) in [6.45, 7) is 2.03. The first-order valence-electron chi connectivity index (χ1n) is 8.25. The van der Waals surface area contributed by atoms with Crippen LogP contribution in [0.15, 0.2) is 59.7 Å². The summed E-state index contributed by atoms with van der Waals surface area (Å²) in [5.74, 6) is -0.0455. The highest BCUT2D eigenvalue weighted by atomic mass is 16.3. The van der Waals surface area contributed by atoms with Gasteiger partial charge < -0.3 is 5.11 Å². The highest BCUT2D eigenvalue weighted by Crippen LogP contribution is 2.35. The van der Waals surface area contributed by atoms with Gasteiger partial charge in [0.2, 0.25) is 6.21 Å². The first-order chi connectivity index (χ1) is 11.7. The van der Waals surface area contributed by atoms with Gasteiger partial charge >= 0.3 is 0 Å². The van der Waals surface area contributed by atoms with Crippen molar-refractivity contribution < 1.29 is 9.79 Å². The van der Waals surface area contributed by atoms with E-state index in [0.29, 0.717) is 6.42 Å². The number of hydrogen-bond acceptors (Lipinski definition) is 2. The summed E-state index contributed by atoms with van der Waals surface area (Å²) in [5.41, 5.74) is 1.11. The van der Waals surface area contributed by atoms with Crippen LogP contribution in [0.2, 0.25) is 0 Å². The molecule has 0 amide bonds. The molecule has 1 aliphatic heterocycles. The third-order valence-corrected chi connectivity index (χ3v) is 4.96. The van der Waals surface area contributed by atoms with Gasteiger partial charge in [0.15, 0.2) is 6.04 Å². The fourth-order valence-electron chi connectivity index (χ4n) is 3.81. The van der Waals surface area contributed by atoms with Crippen molar-refractivity contribution in [3.63, 3.8) is 0 Å². The van der Waals surface area contributed by atoms with E-state index in [1.54, 1.807) is 4.68 Å². The van der Waals surface area contributed by atoms with Crippen molar-refractivity contribution >= 4 is 44.4 Å². The van der Waals surface area contributed by atoms with Gasteiger partial charge in [0.1, 0.15) is 0 Å². The predicted molar refractivity (Wildman–Crippen MR) is 97.1 cm³/mol. The molecule has 0 saturated carbocycles. The minimum Gasteiger partial charge on any atom is -0.857 e. The van der Waals surface area contributed by atoms with E-state index in [0.717, 1.165) is 5.56 Å². The fraction of sp³-hybridized carbons (Fsp3) is 0.143. The van der Waals surface area contributed by atoms with Crippen molar-refractivity contribution in [3.8, 4) is 0 Å². The van der Waals surface area contributed by atoms with Crippen LogP contribution in [0.1, 0.15) is 18.9 Å². The van der Waals surface area contributed by atoms with Crippen LogP contribution in [0.3, 0.4) is 0 Å². The van der Waals surface area contributed by atoms with E-state index in [4.69, 9.17) is 0 Å². The molecule has 0 N–H and O–H groups in total. The second-order valence-corrected chi connectivity index (χ2v) is 6.57. The lowest BCUT2D eigenvalue weighted by Crippen LogP contribution is -2.17. The van der Waals surface area contributed by atoms with E-state index < -0.39 is 0 Å². The molecule has 0 spiro atoms. The lowest BCUT2D eigenvalue weighted by Gasteiger charge is -2.12. The molecular formula is C21H16N2O. The Balaban J connectivity index is 1.91. The topological polar surface area (TPSA) is 38.4 Å². The number of benzene rings is 4. The summed E-state index contributed by atoms with van der Waals surface area (Å²) in [4.78, 5) is 0. The zero-order valence-corrected chi connectivity index (χ0v) is 13.4. The Morgan fingerprint density at radius 2 is 1.71 bits per heavy atom. The molecule has 1 heterocycles. The molecule has 5 rings (SSSR count). The summed E-state index contributed by atoms with van der Waals surface area (Å²) < 4.78 is 1.81. The first-order valence-corrected chi connectivity index (χ1v) is 8.25. The van der Waals surface area contributed by atoms with Crippen molar-refractivity contribution in [2.24, 2.45) is 5.10 Å². The quantitative estimate of drug-likeness (QED) is 0.392. The van der Waals surface area contributed by atoms with Crippen LogP contribution in [0.5, 0.6) is 0 Å². The van der Waals surface area contributed by atoms with E-state index >= 15 is 0 Å². The van der Waals surface area contributed by atoms with Gasteiger partial charge in [0.25, 0.3) is 0 Å². The Labute approximate surface area is 139 Å². The second kappa shape index (κ2) is 4.78. The van der Waals surface area contributed by atoms with Crippen molar-refractivity contribution in [3.05, 3.63) is 60.2 Å². The Morgan fingerprint density at radius 1 is 1.00 bits per heavy atom. The van der Waals surface area contributed by atoms with E-state index in [1.165, 1.54) is 32.3 Å². The third kappa shape index (κ3) is 1.84. The van der Waals surface area contributed by atoms with Gasteiger partial charge in [0, 0.05) is 24.8 Å². The van der Waals surface area contributed by atoms with Crippen LogP contribution in [0, 0.1) is 0 Å². The van der Waals surface area contributed by atoms with Gasteiger partial charge in [-0.05, 0) is 43.5 Å². The first kappa shape index (κ1) is 13.5. The molecule has 0 unspecified atom stereocenters. The van der Waals surface area contributed by atoms with Crippen molar-refractivity contribution in [1.29, 1.82) is 0 Å². The smallest absolute Gasteiger partial charge is 0.204 e. The molecule has 24 heavy (non-hydrogen) atoms. The maximum atomic E-state index is 11.6. The van der Waals surface area contributed by atoms with Gasteiger partial charge in [-0.3, -0.25) is 0 Å². The van der Waals surface area contributed by atoms with E-state index in [-0.39, 0.29) is 11.9 Å². The molecule has 1 atom stereocenters. The summed E-state index contributed by atoms with van der Waals surface area (Å²) in [7, 11) is 0. The van der Waals surface area contributed by atoms with Crippen molar-refractivity contribution in [2.75, 3.05) is 0 Å². The van der Waals surface area contributed by atoms with Crippen LogP contribution >= 0.6 is 0 Å². The molecule has 3 heteroatoms. The molecule has 0 fully saturated rings. The van der Waals surface area contributed by atoms with Crippen molar-refractivity contribution in [1.82, 2.24) is 0 Å². The monoisotopic (exact) mass is 312 g/mol. The SMILES string of the molecule is C[C@@H]1CC([O-])=N/[N+]1=C\c1cc2cccc3ccc4cccc1c4c32. The number of rotatable bonds is 1. The normalized spacial score (nSPS) is 19.8. The third-order valence-electron chi connectivity index (χ3n) is 4.96. The van der Waals surface area contributed by atoms with E-state index in [9.17, 15) is 5.11 Å². The zero-order chi connectivity index (χ0) is 16.3. The number of hydrogen-bond donors (Lipinski definition) is 0. The molecule has 4 aromatic rings. The highest BCUT2D eigenvalue weighted by molar-refractivity contribution is 6.25. The van der Waals surface area contributed by atoms with Crippen LogP contribution in [-0.2, 0) is 0 Å². The minimum absolute atomic E-state index is 0.0455. The summed E-state index contributed by atoms with van der Waals surface area (Å²) in [6.07, 6.45) is 2.50. The standard InChI is InChI=1S/C21H16N2O/c1-13-10-19(24)22-23(13)12-17-11-16-6-2-4-14-8-9-15-5-3-7-18(17)21(15)20(14)16/h2-9,11-13H,10H2,1H3/b23-12-/t13-/m1/s1. The average molecular weight is 312 g/mol. The zero-order valence-electron chi connectivity index (χ0n) is 13.4. The van der Waals surface area contributed by atoms with Gasteiger partial charge in [-0.1, -0.05) is 53.2 Å². The predicted octanol–water partition coefficient (Wildman–Crippen LogP) is 3.48. The Bertz CT molecular complexity index is 1160. The maximum Gasteiger partial charge on any atom is 0.204 e. The highest BCUT2D eigenvalue weighted by Gasteiger charge is 2.23. The summed E-state index contributed by atoms with van der Waals surface area (Å²) in [6, 6.07) is 19.5. The van der Waals surface area contributed by atoms with Gasteiger partial charge in [0.05, 0.1) is 0 Å². The molecular weight excluding hydrogens is 296 g/mol. The van der Waals surface area contributed by atoms with Gasteiger partial charge in [-0.15, -0.1) is 0 Å². The molecule has 4 aromatic carbocycles.